The minimum absolute atomic E-state index is 0.803. The Bertz CT molecular complexity index is 518. The summed E-state index contributed by atoms with van der Waals surface area (Å²) in [4.78, 5) is 8.77. The van der Waals surface area contributed by atoms with E-state index in [2.05, 4.69) is 40.3 Å². The summed E-state index contributed by atoms with van der Waals surface area (Å²) >= 11 is 0. The van der Waals surface area contributed by atoms with Gasteiger partial charge in [-0.1, -0.05) is 13.8 Å². The van der Waals surface area contributed by atoms with Crippen LogP contribution in [0.2, 0.25) is 0 Å². The Morgan fingerprint density at radius 2 is 2.06 bits per heavy atom. The lowest BCUT2D eigenvalue weighted by Crippen LogP contribution is -2.08. The van der Waals surface area contributed by atoms with Crippen LogP contribution >= 0.6 is 0 Å². The first-order valence-electron chi connectivity index (χ1n) is 6.32. The average Bonchev–Trinajstić information content (AvgIpc) is 2.83. The number of rotatable bonds is 5. The lowest BCUT2D eigenvalue weighted by Gasteiger charge is -2.06. The predicted octanol–water partition coefficient (Wildman–Crippen LogP) is 1.51. The summed E-state index contributed by atoms with van der Waals surface area (Å²) in [6, 6.07) is 2.09. The molecule has 18 heavy (non-hydrogen) atoms. The van der Waals surface area contributed by atoms with E-state index >= 15 is 0 Å². The van der Waals surface area contributed by atoms with Gasteiger partial charge in [-0.05, 0) is 18.7 Å². The smallest absolute Gasteiger partial charge is 0.151 e. The highest BCUT2D eigenvalue weighted by Crippen LogP contribution is 2.11. The monoisotopic (exact) mass is 245 g/mol. The van der Waals surface area contributed by atoms with Gasteiger partial charge in [-0.25, -0.2) is 9.67 Å². The van der Waals surface area contributed by atoms with Gasteiger partial charge in [0, 0.05) is 25.6 Å². The molecule has 0 aliphatic rings. The minimum Gasteiger partial charge on any atom is -0.316 e. The summed E-state index contributed by atoms with van der Waals surface area (Å²) in [6.07, 6.45) is 5.41. The van der Waals surface area contributed by atoms with Crippen LogP contribution in [-0.2, 0) is 19.4 Å². The summed E-state index contributed by atoms with van der Waals surface area (Å²) in [5.74, 6) is 1.86. The fourth-order valence-electron chi connectivity index (χ4n) is 1.87. The standard InChI is InChI=1S/C13H19N5/c1-4-12-16-13(5-2)18(17-12)11-6-10(7-14-3)8-15-9-11/h6,8-9,14H,4-5,7H2,1-3H3. The normalized spacial score (nSPS) is 10.8. The second-order valence-corrected chi connectivity index (χ2v) is 4.14. The molecule has 1 N–H and O–H groups in total. The molecule has 5 nitrogen and oxygen atoms in total. The maximum Gasteiger partial charge on any atom is 0.151 e. The molecule has 0 amide bonds. The first-order valence-corrected chi connectivity index (χ1v) is 6.32. The Hall–Kier alpha value is -1.75. The molecule has 2 aromatic rings. The average molecular weight is 245 g/mol. The van der Waals surface area contributed by atoms with Gasteiger partial charge in [0.1, 0.15) is 5.82 Å². The number of hydrogen-bond donors (Lipinski definition) is 1. The number of nitrogens with one attached hydrogen (secondary N) is 1. The zero-order valence-corrected chi connectivity index (χ0v) is 11.1. The molecule has 0 aliphatic heterocycles. The molecule has 2 rings (SSSR count). The SMILES string of the molecule is CCc1nc(CC)n(-c2cncc(CNC)c2)n1. The molecule has 0 saturated heterocycles. The van der Waals surface area contributed by atoms with Gasteiger partial charge in [-0.3, -0.25) is 4.98 Å². The summed E-state index contributed by atoms with van der Waals surface area (Å²) in [5.41, 5.74) is 2.12. The van der Waals surface area contributed by atoms with Crippen molar-refractivity contribution in [1.82, 2.24) is 25.1 Å². The molecule has 0 bridgehead atoms. The number of nitrogens with zero attached hydrogens (tertiary/aromatic N) is 4. The second kappa shape index (κ2) is 5.73. The van der Waals surface area contributed by atoms with Gasteiger partial charge in [-0.2, -0.15) is 5.10 Å². The molecule has 0 radical (unpaired) electrons. The largest absolute Gasteiger partial charge is 0.316 e. The fraction of sp³-hybridized carbons (Fsp3) is 0.462. The van der Waals surface area contributed by atoms with Crippen molar-refractivity contribution in [3.63, 3.8) is 0 Å². The van der Waals surface area contributed by atoms with E-state index in [9.17, 15) is 0 Å². The highest BCUT2D eigenvalue weighted by Gasteiger charge is 2.09. The van der Waals surface area contributed by atoms with E-state index in [1.54, 1.807) is 0 Å². The lowest BCUT2D eigenvalue weighted by atomic mass is 10.2. The maximum absolute atomic E-state index is 4.52. The van der Waals surface area contributed by atoms with Crippen molar-refractivity contribution in [3.8, 4) is 5.69 Å². The Labute approximate surface area is 107 Å². The van der Waals surface area contributed by atoms with Crippen molar-refractivity contribution in [1.29, 1.82) is 0 Å². The van der Waals surface area contributed by atoms with E-state index in [0.29, 0.717) is 0 Å². The molecule has 0 aromatic carbocycles. The van der Waals surface area contributed by atoms with Crippen LogP contribution in [0.5, 0.6) is 0 Å². The van der Waals surface area contributed by atoms with Crippen molar-refractivity contribution < 1.29 is 0 Å². The van der Waals surface area contributed by atoms with Crippen LogP contribution in [0.15, 0.2) is 18.5 Å². The number of aromatic nitrogens is 4. The molecular formula is C13H19N5. The second-order valence-electron chi connectivity index (χ2n) is 4.14. The summed E-state index contributed by atoms with van der Waals surface area (Å²) in [5, 5.41) is 7.64. The zero-order valence-electron chi connectivity index (χ0n) is 11.1. The first-order chi connectivity index (χ1) is 8.78. The van der Waals surface area contributed by atoms with Crippen LogP contribution in [0.3, 0.4) is 0 Å². The molecule has 5 heteroatoms. The van der Waals surface area contributed by atoms with Crippen molar-refractivity contribution in [2.24, 2.45) is 0 Å². The Balaban J connectivity index is 2.40. The summed E-state index contributed by atoms with van der Waals surface area (Å²) in [7, 11) is 1.93. The van der Waals surface area contributed by atoms with Crippen LogP contribution in [0.4, 0.5) is 0 Å². The summed E-state index contributed by atoms with van der Waals surface area (Å²) < 4.78 is 1.89. The molecule has 0 saturated carbocycles. The number of hydrogen-bond acceptors (Lipinski definition) is 4. The van der Waals surface area contributed by atoms with Gasteiger partial charge in [0.2, 0.25) is 0 Å². The molecule has 2 aromatic heterocycles. The number of pyridine rings is 1. The first kappa shape index (κ1) is 12.7. The predicted molar refractivity (Wildman–Crippen MR) is 70.7 cm³/mol. The van der Waals surface area contributed by atoms with E-state index < -0.39 is 0 Å². The summed E-state index contributed by atoms with van der Waals surface area (Å²) in [6.45, 7) is 4.96. The third kappa shape index (κ3) is 2.56. The van der Waals surface area contributed by atoms with Gasteiger partial charge in [0.05, 0.1) is 11.9 Å². The molecule has 0 atom stereocenters. The molecule has 96 valence electrons. The van der Waals surface area contributed by atoms with Crippen LogP contribution < -0.4 is 5.32 Å². The molecule has 0 spiro atoms. The quantitative estimate of drug-likeness (QED) is 0.867. The van der Waals surface area contributed by atoms with Crippen molar-refractivity contribution in [2.45, 2.75) is 33.2 Å². The maximum atomic E-state index is 4.52. The van der Waals surface area contributed by atoms with Crippen molar-refractivity contribution >= 4 is 0 Å². The van der Waals surface area contributed by atoms with Crippen LogP contribution in [0, 0.1) is 0 Å². The van der Waals surface area contributed by atoms with E-state index in [1.165, 1.54) is 0 Å². The Morgan fingerprint density at radius 1 is 1.22 bits per heavy atom. The van der Waals surface area contributed by atoms with Gasteiger partial charge < -0.3 is 5.32 Å². The van der Waals surface area contributed by atoms with Gasteiger partial charge in [0.15, 0.2) is 5.82 Å². The van der Waals surface area contributed by atoms with E-state index in [0.717, 1.165) is 42.3 Å². The molecule has 0 fully saturated rings. The van der Waals surface area contributed by atoms with Gasteiger partial charge in [0.25, 0.3) is 0 Å². The molecular weight excluding hydrogens is 226 g/mol. The molecule has 2 heterocycles. The fourth-order valence-corrected chi connectivity index (χ4v) is 1.87. The van der Waals surface area contributed by atoms with Crippen LogP contribution in [0.25, 0.3) is 5.69 Å². The van der Waals surface area contributed by atoms with Crippen LogP contribution in [-0.4, -0.2) is 26.8 Å². The van der Waals surface area contributed by atoms with Gasteiger partial charge in [-0.15, -0.1) is 0 Å². The topological polar surface area (TPSA) is 55.6 Å². The Morgan fingerprint density at radius 3 is 2.72 bits per heavy atom. The van der Waals surface area contributed by atoms with E-state index in [1.807, 2.05) is 24.1 Å². The Kier molecular flexibility index (Phi) is 4.04. The molecule has 0 unspecified atom stereocenters. The highest BCUT2D eigenvalue weighted by atomic mass is 15.4. The van der Waals surface area contributed by atoms with E-state index in [4.69, 9.17) is 0 Å². The minimum atomic E-state index is 0.803. The van der Waals surface area contributed by atoms with Gasteiger partial charge >= 0.3 is 0 Å². The third-order valence-corrected chi connectivity index (χ3v) is 2.76. The third-order valence-electron chi connectivity index (χ3n) is 2.76. The zero-order chi connectivity index (χ0) is 13.0. The van der Waals surface area contributed by atoms with Crippen molar-refractivity contribution in [2.75, 3.05) is 7.05 Å². The van der Waals surface area contributed by atoms with E-state index in [-0.39, 0.29) is 0 Å². The van der Waals surface area contributed by atoms with Crippen molar-refractivity contribution in [3.05, 3.63) is 35.7 Å². The lowest BCUT2D eigenvalue weighted by molar-refractivity contribution is 0.774. The van der Waals surface area contributed by atoms with Crippen LogP contribution in [0.1, 0.15) is 31.1 Å². The molecule has 0 aliphatic carbocycles. The highest BCUT2D eigenvalue weighted by molar-refractivity contribution is 5.32. The number of aryl methyl sites for hydroxylation is 2.